The van der Waals surface area contributed by atoms with Crippen molar-refractivity contribution in [2.45, 2.75) is 32.2 Å². The lowest BCUT2D eigenvalue weighted by molar-refractivity contribution is -0.128. The standard InChI is InChI=1S/C20H24N2O3/c1-20(2,3)15-9-11-16(12-10-15)25-13-17(23)22-18(19(21)24)14-7-5-4-6-8-14/h4-12,18H,13H2,1-3H3,(H2,21,24)(H,22,23)/t18-/m1/s1. The summed E-state index contributed by atoms with van der Waals surface area (Å²) < 4.78 is 5.49. The van der Waals surface area contributed by atoms with Crippen LogP contribution in [-0.4, -0.2) is 18.4 Å². The number of rotatable bonds is 6. The smallest absolute Gasteiger partial charge is 0.258 e. The molecule has 0 bridgehead atoms. The molecule has 2 aromatic carbocycles. The van der Waals surface area contributed by atoms with Crippen molar-refractivity contribution in [2.75, 3.05) is 6.61 Å². The number of primary amides is 1. The molecule has 2 amide bonds. The Balaban J connectivity index is 1.94. The van der Waals surface area contributed by atoms with Crippen LogP contribution in [0.5, 0.6) is 5.75 Å². The van der Waals surface area contributed by atoms with Gasteiger partial charge in [-0.25, -0.2) is 0 Å². The molecule has 0 aliphatic carbocycles. The third-order valence-electron chi connectivity index (χ3n) is 3.81. The molecule has 25 heavy (non-hydrogen) atoms. The van der Waals surface area contributed by atoms with E-state index in [1.165, 1.54) is 5.56 Å². The van der Waals surface area contributed by atoms with Crippen molar-refractivity contribution in [3.63, 3.8) is 0 Å². The molecule has 0 unspecified atom stereocenters. The fourth-order valence-electron chi connectivity index (χ4n) is 2.37. The molecular formula is C20H24N2O3. The zero-order valence-electron chi connectivity index (χ0n) is 14.8. The molecule has 1 atom stereocenters. The lowest BCUT2D eigenvalue weighted by Gasteiger charge is -2.19. The fraction of sp³-hybridized carbons (Fsp3) is 0.300. The zero-order valence-corrected chi connectivity index (χ0v) is 14.8. The van der Waals surface area contributed by atoms with E-state index in [-0.39, 0.29) is 12.0 Å². The Labute approximate surface area is 148 Å². The van der Waals surface area contributed by atoms with Gasteiger partial charge in [0.1, 0.15) is 11.8 Å². The highest BCUT2D eigenvalue weighted by Crippen LogP contribution is 2.24. The van der Waals surface area contributed by atoms with Crippen LogP contribution < -0.4 is 15.8 Å². The molecule has 0 aliphatic rings. The number of ether oxygens (including phenoxy) is 1. The van der Waals surface area contributed by atoms with Crippen LogP contribution in [0.25, 0.3) is 0 Å². The highest BCUT2D eigenvalue weighted by molar-refractivity contribution is 5.88. The van der Waals surface area contributed by atoms with Gasteiger partial charge in [0.25, 0.3) is 5.91 Å². The van der Waals surface area contributed by atoms with Crippen molar-refractivity contribution < 1.29 is 14.3 Å². The maximum atomic E-state index is 12.1. The Morgan fingerprint density at radius 1 is 1.04 bits per heavy atom. The molecule has 0 radical (unpaired) electrons. The van der Waals surface area contributed by atoms with Crippen LogP contribution in [0.4, 0.5) is 0 Å². The van der Waals surface area contributed by atoms with E-state index in [1.807, 2.05) is 30.3 Å². The number of amides is 2. The van der Waals surface area contributed by atoms with Gasteiger partial charge in [-0.1, -0.05) is 63.2 Å². The monoisotopic (exact) mass is 340 g/mol. The molecule has 2 rings (SSSR count). The van der Waals surface area contributed by atoms with Crippen molar-refractivity contribution in [3.8, 4) is 5.75 Å². The van der Waals surface area contributed by atoms with E-state index in [1.54, 1.807) is 24.3 Å². The van der Waals surface area contributed by atoms with E-state index in [9.17, 15) is 9.59 Å². The first-order chi connectivity index (χ1) is 11.8. The number of carbonyl (C=O) groups excluding carboxylic acids is 2. The fourth-order valence-corrected chi connectivity index (χ4v) is 2.37. The minimum absolute atomic E-state index is 0.0559. The summed E-state index contributed by atoms with van der Waals surface area (Å²) in [6.45, 7) is 6.20. The molecule has 5 heteroatoms. The van der Waals surface area contributed by atoms with Gasteiger partial charge in [-0.15, -0.1) is 0 Å². The van der Waals surface area contributed by atoms with Gasteiger partial charge < -0.3 is 15.8 Å². The summed E-state index contributed by atoms with van der Waals surface area (Å²) in [7, 11) is 0. The average Bonchev–Trinajstić information content (AvgIpc) is 2.58. The van der Waals surface area contributed by atoms with Crippen LogP contribution in [-0.2, 0) is 15.0 Å². The van der Waals surface area contributed by atoms with E-state index in [4.69, 9.17) is 10.5 Å². The van der Waals surface area contributed by atoms with Gasteiger partial charge in [-0.3, -0.25) is 9.59 Å². The largest absolute Gasteiger partial charge is 0.484 e. The predicted octanol–water partition coefficient (Wildman–Crippen LogP) is 2.71. The molecule has 3 N–H and O–H groups in total. The topological polar surface area (TPSA) is 81.4 Å². The molecule has 0 spiro atoms. The Morgan fingerprint density at radius 2 is 1.64 bits per heavy atom. The van der Waals surface area contributed by atoms with Crippen LogP contribution in [0.1, 0.15) is 37.9 Å². The molecule has 5 nitrogen and oxygen atoms in total. The highest BCUT2D eigenvalue weighted by Gasteiger charge is 2.20. The Bertz CT molecular complexity index is 719. The second-order valence-corrected chi connectivity index (χ2v) is 6.88. The Hall–Kier alpha value is -2.82. The van der Waals surface area contributed by atoms with Gasteiger partial charge in [0.15, 0.2) is 6.61 Å². The quantitative estimate of drug-likeness (QED) is 0.848. The lowest BCUT2D eigenvalue weighted by atomic mass is 9.87. The normalized spacial score (nSPS) is 12.3. The SMILES string of the molecule is CC(C)(C)c1ccc(OCC(=O)N[C@@H](C(N)=O)c2ccccc2)cc1. The number of hydrogen-bond donors (Lipinski definition) is 2. The molecule has 0 saturated heterocycles. The third kappa shape index (κ3) is 5.35. The summed E-state index contributed by atoms with van der Waals surface area (Å²) in [6.07, 6.45) is 0. The minimum atomic E-state index is -0.874. The maximum Gasteiger partial charge on any atom is 0.258 e. The molecule has 0 heterocycles. The van der Waals surface area contributed by atoms with E-state index < -0.39 is 17.9 Å². The summed E-state index contributed by atoms with van der Waals surface area (Å²) >= 11 is 0. The summed E-state index contributed by atoms with van der Waals surface area (Å²) in [4.78, 5) is 23.7. The van der Waals surface area contributed by atoms with Crippen LogP contribution in [0, 0.1) is 0 Å². The second-order valence-electron chi connectivity index (χ2n) is 6.88. The zero-order chi connectivity index (χ0) is 18.4. The van der Waals surface area contributed by atoms with Gasteiger partial charge in [0.05, 0.1) is 0 Å². The third-order valence-corrected chi connectivity index (χ3v) is 3.81. The lowest BCUT2D eigenvalue weighted by Crippen LogP contribution is -2.39. The first-order valence-corrected chi connectivity index (χ1v) is 8.14. The van der Waals surface area contributed by atoms with E-state index in [0.29, 0.717) is 11.3 Å². The Kier molecular flexibility index (Phi) is 5.80. The summed E-state index contributed by atoms with van der Waals surface area (Å²) in [5, 5.41) is 2.60. The molecule has 2 aromatic rings. The molecule has 0 aromatic heterocycles. The van der Waals surface area contributed by atoms with Crippen molar-refractivity contribution in [3.05, 3.63) is 65.7 Å². The van der Waals surface area contributed by atoms with Crippen LogP contribution in [0.15, 0.2) is 54.6 Å². The van der Waals surface area contributed by atoms with Crippen LogP contribution >= 0.6 is 0 Å². The number of hydrogen-bond acceptors (Lipinski definition) is 3. The number of nitrogens with one attached hydrogen (secondary N) is 1. The molecule has 132 valence electrons. The van der Waals surface area contributed by atoms with Crippen molar-refractivity contribution >= 4 is 11.8 Å². The van der Waals surface area contributed by atoms with Crippen molar-refractivity contribution in [1.82, 2.24) is 5.32 Å². The van der Waals surface area contributed by atoms with Gasteiger partial charge in [-0.05, 0) is 28.7 Å². The average molecular weight is 340 g/mol. The van der Waals surface area contributed by atoms with Crippen molar-refractivity contribution in [2.24, 2.45) is 5.73 Å². The Morgan fingerprint density at radius 3 is 2.16 bits per heavy atom. The molecule has 0 aliphatic heterocycles. The molecule has 0 fully saturated rings. The first-order valence-electron chi connectivity index (χ1n) is 8.14. The second kappa shape index (κ2) is 7.83. The number of carbonyl (C=O) groups is 2. The summed E-state index contributed by atoms with van der Waals surface area (Å²) in [5.41, 5.74) is 7.26. The highest BCUT2D eigenvalue weighted by atomic mass is 16.5. The van der Waals surface area contributed by atoms with Crippen LogP contribution in [0.2, 0.25) is 0 Å². The number of benzene rings is 2. The van der Waals surface area contributed by atoms with Gasteiger partial charge >= 0.3 is 0 Å². The van der Waals surface area contributed by atoms with E-state index in [2.05, 4.69) is 26.1 Å². The molecule has 0 saturated carbocycles. The summed E-state index contributed by atoms with van der Waals surface area (Å²) in [6, 6.07) is 15.6. The van der Waals surface area contributed by atoms with E-state index in [0.717, 1.165) is 0 Å². The van der Waals surface area contributed by atoms with Gasteiger partial charge in [0, 0.05) is 0 Å². The predicted molar refractivity (Wildman–Crippen MR) is 97.2 cm³/mol. The van der Waals surface area contributed by atoms with Gasteiger partial charge in [0.2, 0.25) is 5.91 Å². The maximum absolute atomic E-state index is 12.1. The minimum Gasteiger partial charge on any atom is -0.484 e. The first kappa shape index (κ1) is 18.5. The number of nitrogens with two attached hydrogens (primary N) is 1. The van der Waals surface area contributed by atoms with E-state index >= 15 is 0 Å². The van der Waals surface area contributed by atoms with Crippen molar-refractivity contribution in [1.29, 1.82) is 0 Å². The van der Waals surface area contributed by atoms with Gasteiger partial charge in [-0.2, -0.15) is 0 Å². The molecular weight excluding hydrogens is 316 g/mol. The summed E-state index contributed by atoms with van der Waals surface area (Å²) in [5.74, 6) is -0.430. The van der Waals surface area contributed by atoms with Crippen LogP contribution in [0.3, 0.4) is 0 Å².